The van der Waals surface area contributed by atoms with Crippen LogP contribution < -0.4 is 5.32 Å². The van der Waals surface area contributed by atoms with Gasteiger partial charge < -0.3 is 14.5 Å². The Bertz CT molecular complexity index is 252. The van der Waals surface area contributed by atoms with E-state index in [0.717, 1.165) is 19.8 Å². The molecule has 2 rings (SSSR count). The van der Waals surface area contributed by atoms with Crippen LogP contribution in [0.1, 0.15) is 18.9 Å². The Kier molecular flexibility index (Phi) is 3.22. The third-order valence-corrected chi connectivity index (χ3v) is 2.88. The summed E-state index contributed by atoms with van der Waals surface area (Å²) in [6, 6.07) is 2.51. The fourth-order valence-corrected chi connectivity index (χ4v) is 1.79. The summed E-state index contributed by atoms with van der Waals surface area (Å²) in [5, 5.41) is 3.49. The van der Waals surface area contributed by atoms with Crippen LogP contribution in [0.25, 0.3) is 0 Å². The molecule has 1 aliphatic rings. The molecule has 14 heavy (non-hydrogen) atoms. The zero-order chi connectivity index (χ0) is 9.80. The number of nitrogens with one attached hydrogen (secondary N) is 1. The second kappa shape index (κ2) is 4.62. The second-order valence-electron chi connectivity index (χ2n) is 3.92. The molecule has 1 aromatic heterocycles. The Morgan fingerprint density at radius 2 is 2.57 bits per heavy atom. The average Bonchev–Trinajstić information content (AvgIpc) is 2.87. The van der Waals surface area contributed by atoms with Gasteiger partial charge in [0.05, 0.1) is 19.1 Å². The molecule has 3 heteroatoms. The van der Waals surface area contributed by atoms with Crippen LogP contribution in [0.4, 0.5) is 0 Å². The summed E-state index contributed by atoms with van der Waals surface area (Å²) in [6.45, 7) is 4.93. The van der Waals surface area contributed by atoms with E-state index in [0.29, 0.717) is 12.0 Å². The summed E-state index contributed by atoms with van der Waals surface area (Å²) in [5.74, 6) is 0.668. The standard InChI is InChI=1S/C11H17NO2/c1-9(11-3-5-14-8-11)12-6-10-2-4-13-7-10/h2,4,7,9,11-12H,3,5-6,8H2,1H3. The fourth-order valence-electron chi connectivity index (χ4n) is 1.79. The van der Waals surface area contributed by atoms with Gasteiger partial charge in [0.15, 0.2) is 0 Å². The van der Waals surface area contributed by atoms with E-state index in [4.69, 9.17) is 9.15 Å². The quantitative estimate of drug-likeness (QED) is 0.795. The zero-order valence-electron chi connectivity index (χ0n) is 8.53. The third-order valence-electron chi connectivity index (χ3n) is 2.88. The molecule has 0 spiro atoms. The maximum absolute atomic E-state index is 5.36. The molecule has 1 fully saturated rings. The van der Waals surface area contributed by atoms with E-state index in [9.17, 15) is 0 Å². The second-order valence-corrected chi connectivity index (χ2v) is 3.92. The molecule has 1 aliphatic heterocycles. The van der Waals surface area contributed by atoms with Gasteiger partial charge in [-0.25, -0.2) is 0 Å². The smallest absolute Gasteiger partial charge is 0.0947 e. The summed E-state index contributed by atoms with van der Waals surface area (Å²) in [5.41, 5.74) is 1.20. The lowest BCUT2D eigenvalue weighted by Gasteiger charge is -2.18. The Morgan fingerprint density at radius 1 is 1.64 bits per heavy atom. The van der Waals surface area contributed by atoms with Crippen molar-refractivity contribution >= 4 is 0 Å². The normalized spacial score (nSPS) is 23.9. The maximum atomic E-state index is 5.36. The van der Waals surface area contributed by atoms with Crippen molar-refractivity contribution in [1.82, 2.24) is 5.32 Å². The number of rotatable bonds is 4. The van der Waals surface area contributed by atoms with E-state index in [1.54, 1.807) is 12.5 Å². The van der Waals surface area contributed by atoms with E-state index in [2.05, 4.69) is 12.2 Å². The van der Waals surface area contributed by atoms with Gasteiger partial charge in [0.1, 0.15) is 0 Å². The first kappa shape index (κ1) is 9.74. The van der Waals surface area contributed by atoms with Crippen LogP contribution in [0.5, 0.6) is 0 Å². The van der Waals surface area contributed by atoms with Crippen molar-refractivity contribution in [2.75, 3.05) is 13.2 Å². The number of ether oxygens (including phenoxy) is 1. The van der Waals surface area contributed by atoms with Gasteiger partial charge in [-0.15, -0.1) is 0 Å². The molecule has 0 amide bonds. The monoisotopic (exact) mass is 195 g/mol. The molecule has 2 unspecified atom stereocenters. The molecule has 0 bridgehead atoms. The lowest BCUT2D eigenvalue weighted by molar-refractivity contribution is 0.178. The summed E-state index contributed by atoms with van der Waals surface area (Å²) in [4.78, 5) is 0. The topological polar surface area (TPSA) is 34.4 Å². The first-order valence-corrected chi connectivity index (χ1v) is 5.18. The Morgan fingerprint density at radius 3 is 3.21 bits per heavy atom. The van der Waals surface area contributed by atoms with Gasteiger partial charge in [-0.3, -0.25) is 0 Å². The van der Waals surface area contributed by atoms with Crippen LogP contribution in [0, 0.1) is 5.92 Å². The van der Waals surface area contributed by atoms with Crippen molar-refractivity contribution in [1.29, 1.82) is 0 Å². The summed E-state index contributed by atoms with van der Waals surface area (Å²) < 4.78 is 10.4. The highest BCUT2D eigenvalue weighted by molar-refractivity contribution is 5.04. The highest BCUT2D eigenvalue weighted by Crippen LogP contribution is 2.16. The maximum Gasteiger partial charge on any atom is 0.0947 e. The minimum absolute atomic E-state index is 0.521. The van der Waals surface area contributed by atoms with Gasteiger partial charge >= 0.3 is 0 Å². The molecule has 0 saturated carbocycles. The predicted molar refractivity (Wildman–Crippen MR) is 53.9 cm³/mol. The Hall–Kier alpha value is -0.800. The van der Waals surface area contributed by atoms with Gasteiger partial charge in [0, 0.05) is 24.8 Å². The molecule has 0 aliphatic carbocycles. The van der Waals surface area contributed by atoms with Crippen molar-refractivity contribution in [2.24, 2.45) is 5.92 Å². The van der Waals surface area contributed by atoms with Gasteiger partial charge in [-0.2, -0.15) is 0 Å². The van der Waals surface area contributed by atoms with Crippen molar-refractivity contribution in [3.05, 3.63) is 24.2 Å². The lowest BCUT2D eigenvalue weighted by atomic mass is 10.0. The predicted octanol–water partition coefficient (Wildman–Crippen LogP) is 1.79. The van der Waals surface area contributed by atoms with E-state index >= 15 is 0 Å². The largest absolute Gasteiger partial charge is 0.472 e. The van der Waals surface area contributed by atoms with Crippen molar-refractivity contribution in [3.8, 4) is 0 Å². The van der Waals surface area contributed by atoms with Crippen LogP contribution in [0.2, 0.25) is 0 Å². The molecule has 1 aromatic rings. The molecule has 1 N–H and O–H groups in total. The number of hydrogen-bond acceptors (Lipinski definition) is 3. The van der Waals surface area contributed by atoms with E-state index in [-0.39, 0.29) is 0 Å². The lowest BCUT2D eigenvalue weighted by Crippen LogP contribution is -2.33. The number of hydrogen-bond donors (Lipinski definition) is 1. The van der Waals surface area contributed by atoms with E-state index in [1.807, 2.05) is 6.07 Å². The molecule has 78 valence electrons. The molecule has 2 atom stereocenters. The van der Waals surface area contributed by atoms with Crippen molar-refractivity contribution in [3.63, 3.8) is 0 Å². The van der Waals surface area contributed by atoms with Crippen LogP contribution >= 0.6 is 0 Å². The van der Waals surface area contributed by atoms with Gasteiger partial charge in [0.25, 0.3) is 0 Å². The Labute approximate surface area is 84.4 Å². The molecular weight excluding hydrogens is 178 g/mol. The van der Waals surface area contributed by atoms with Crippen LogP contribution in [0.15, 0.2) is 23.0 Å². The Balaban J connectivity index is 1.74. The van der Waals surface area contributed by atoms with Crippen molar-refractivity contribution in [2.45, 2.75) is 25.9 Å². The van der Waals surface area contributed by atoms with E-state index in [1.165, 1.54) is 12.0 Å². The molecule has 0 radical (unpaired) electrons. The van der Waals surface area contributed by atoms with Crippen molar-refractivity contribution < 1.29 is 9.15 Å². The fraction of sp³-hybridized carbons (Fsp3) is 0.636. The molecular formula is C11H17NO2. The number of furan rings is 1. The van der Waals surface area contributed by atoms with Gasteiger partial charge in [-0.1, -0.05) is 0 Å². The highest BCUT2D eigenvalue weighted by atomic mass is 16.5. The van der Waals surface area contributed by atoms with E-state index < -0.39 is 0 Å². The summed E-state index contributed by atoms with van der Waals surface area (Å²) in [7, 11) is 0. The van der Waals surface area contributed by atoms with Gasteiger partial charge in [-0.05, 0) is 25.3 Å². The SMILES string of the molecule is CC(NCc1ccoc1)C1CCOC1. The third kappa shape index (κ3) is 2.36. The van der Waals surface area contributed by atoms with Crippen LogP contribution in [-0.2, 0) is 11.3 Å². The summed E-state index contributed by atoms with van der Waals surface area (Å²) in [6.07, 6.45) is 4.67. The minimum Gasteiger partial charge on any atom is -0.472 e. The first-order valence-electron chi connectivity index (χ1n) is 5.18. The van der Waals surface area contributed by atoms with Gasteiger partial charge in [0.2, 0.25) is 0 Å². The highest BCUT2D eigenvalue weighted by Gasteiger charge is 2.21. The molecule has 3 nitrogen and oxygen atoms in total. The molecule has 0 aromatic carbocycles. The van der Waals surface area contributed by atoms with Crippen LogP contribution in [-0.4, -0.2) is 19.3 Å². The average molecular weight is 195 g/mol. The zero-order valence-corrected chi connectivity index (χ0v) is 8.53. The molecule has 2 heterocycles. The summed E-state index contributed by atoms with van der Waals surface area (Å²) >= 11 is 0. The minimum atomic E-state index is 0.521. The first-order chi connectivity index (χ1) is 6.86. The van der Waals surface area contributed by atoms with Crippen LogP contribution in [0.3, 0.4) is 0 Å². The molecule has 1 saturated heterocycles.